The van der Waals surface area contributed by atoms with Crippen molar-refractivity contribution in [1.29, 1.82) is 0 Å². The van der Waals surface area contributed by atoms with Crippen molar-refractivity contribution in [2.24, 2.45) is 5.92 Å². The molecule has 0 nitrogen and oxygen atoms in total. The monoisotopic (exact) mass is 186 g/mol. The molecule has 1 aromatic rings. The molecular weight excluding hydrogens is 168 g/mol. The topological polar surface area (TPSA) is 0 Å². The molecular formula is C14H18. The zero-order chi connectivity index (χ0) is 10.4. The molecule has 0 atom stereocenters. The van der Waals surface area contributed by atoms with Gasteiger partial charge < -0.3 is 0 Å². The maximum atomic E-state index is 3.07. The second-order valence-electron chi connectivity index (χ2n) is 4.02. The molecule has 1 aromatic carbocycles. The van der Waals surface area contributed by atoms with Gasteiger partial charge in [0.05, 0.1) is 0 Å². The van der Waals surface area contributed by atoms with Gasteiger partial charge in [0.1, 0.15) is 0 Å². The molecule has 0 heteroatoms. The van der Waals surface area contributed by atoms with Gasteiger partial charge in [-0.25, -0.2) is 0 Å². The highest BCUT2D eigenvalue weighted by Crippen LogP contribution is 2.09. The minimum absolute atomic E-state index is 0.733. The summed E-state index contributed by atoms with van der Waals surface area (Å²) in [4.78, 5) is 0. The Bertz CT molecular complexity index is 319. The van der Waals surface area contributed by atoms with E-state index in [4.69, 9.17) is 0 Å². The van der Waals surface area contributed by atoms with Crippen LogP contribution in [0.5, 0.6) is 0 Å². The van der Waals surface area contributed by atoms with Crippen LogP contribution in [0.4, 0.5) is 0 Å². The third-order valence-electron chi connectivity index (χ3n) is 2.14. The Morgan fingerprint density at radius 1 is 1.07 bits per heavy atom. The molecule has 0 aliphatic rings. The highest BCUT2D eigenvalue weighted by molar-refractivity contribution is 5.25. The summed E-state index contributed by atoms with van der Waals surface area (Å²) in [6.07, 6.45) is 2.04. The molecule has 0 aliphatic heterocycles. The molecule has 0 saturated carbocycles. The lowest BCUT2D eigenvalue weighted by Gasteiger charge is -2.04. The van der Waals surface area contributed by atoms with Crippen LogP contribution >= 0.6 is 0 Å². The van der Waals surface area contributed by atoms with Gasteiger partial charge in [-0.2, -0.15) is 0 Å². The van der Waals surface area contributed by atoms with Gasteiger partial charge in [-0.3, -0.25) is 0 Å². The average Bonchev–Trinajstić information content (AvgIpc) is 2.16. The number of rotatable bonds is 3. The molecule has 0 amide bonds. The standard InChI is InChI=1S/C14H18/c1-4-5-6-13-7-9-14(10-8-13)11-12(2)3/h7-10,12H,6,11H2,1-3H3. The van der Waals surface area contributed by atoms with Gasteiger partial charge in [0.25, 0.3) is 0 Å². The Labute approximate surface area is 87.4 Å². The van der Waals surface area contributed by atoms with Crippen molar-refractivity contribution in [3.63, 3.8) is 0 Å². The average molecular weight is 186 g/mol. The molecule has 1 rings (SSSR count). The first-order valence-electron chi connectivity index (χ1n) is 5.19. The van der Waals surface area contributed by atoms with E-state index in [9.17, 15) is 0 Å². The lowest BCUT2D eigenvalue weighted by molar-refractivity contribution is 0.647. The molecule has 74 valence electrons. The molecule has 0 saturated heterocycles. The van der Waals surface area contributed by atoms with Gasteiger partial charge in [-0.1, -0.05) is 44.0 Å². The molecule has 0 radical (unpaired) electrons. The van der Waals surface area contributed by atoms with E-state index in [1.165, 1.54) is 17.5 Å². The first-order valence-corrected chi connectivity index (χ1v) is 5.19. The van der Waals surface area contributed by atoms with Crippen LogP contribution in [0.1, 0.15) is 31.9 Å². The molecule has 0 fully saturated rings. The lowest BCUT2D eigenvalue weighted by atomic mass is 10.0. The molecule has 0 N–H and O–H groups in total. The van der Waals surface area contributed by atoms with Crippen molar-refractivity contribution >= 4 is 0 Å². The summed E-state index contributed by atoms with van der Waals surface area (Å²) >= 11 is 0. The summed E-state index contributed by atoms with van der Waals surface area (Å²) in [6.45, 7) is 6.38. The largest absolute Gasteiger partial charge is 0.106 e. The van der Waals surface area contributed by atoms with Crippen LogP contribution in [0.25, 0.3) is 0 Å². The normalized spacial score (nSPS) is 9.71. The highest BCUT2D eigenvalue weighted by atomic mass is 14.0. The fourth-order valence-electron chi connectivity index (χ4n) is 1.46. The Balaban J connectivity index is 2.62. The molecule has 0 spiro atoms. The van der Waals surface area contributed by atoms with Gasteiger partial charge in [0, 0.05) is 6.42 Å². The van der Waals surface area contributed by atoms with Crippen LogP contribution in [0.15, 0.2) is 24.3 Å². The van der Waals surface area contributed by atoms with Crippen LogP contribution < -0.4 is 0 Å². The Kier molecular flexibility index (Phi) is 4.26. The maximum absolute atomic E-state index is 3.07. The zero-order valence-corrected chi connectivity index (χ0v) is 9.30. The summed E-state index contributed by atoms with van der Waals surface area (Å²) in [5.41, 5.74) is 2.74. The minimum Gasteiger partial charge on any atom is -0.106 e. The van der Waals surface area contributed by atoms with Crippen LogP contribution in [0.3, 0.4) is 0 Å². The van der Waals surface area contributed by atoms with Crippen molar-refractivity contribution in [3.05, 3.63) is 35.4 Å². The van der Waals surface area contributed by atoms with Crippen molar-refractivity contribution in [2.75, 3.05) is 0 Å². The first kappa shape index (κ1) is 10.9. The molecule has 0 bridgehead atoms. The third-order valence-corrected chi connectivity index (χ3v) is 2.14. The Morgan fingerprint density at radius 2 is 1.64 bits per heavy atom. The molecule has 0 aromatic heterocycles. The summed E-state index contributed by atoms with van der Waals surface area (Å²) < 4.78 is 0. The second-order valence-corrected chi connectivity index (χ2v) is 4.02. The summed E-state index contributed by atoms with van der Waals surface area (Å²) in [7, 11) is 0. The van der Waals surface area contributed by atoms with E-state index in [0.29, 0.717) is 0 Å². The van der Waals surface area contributed by atoms with Gasteiger partial charge in [0.15, 0.2) is 0 Å². The number of hydrogen-bond donors (Lipinski definition) is 0. The van der Waals surface area contributed by atoms with E-state index in [2.05, 4.69) is 50.0 Å². The highest BCUT2D eigenvalue weighted by Gasteiger charge is 1.97. The van der Waals surface area contributed by atoms with Crippen LogP contribution in [0, 0.1) is 17.8 Å². The predicted molar refractivity (Wildman–Crippen MR) is 62.1 cm³/mol. The van der Waals surface area contributed by atoms with Gasteiger partial charge in [-0.15, -0.1) is 5.92 Å². The van der Waals surface area contributed by atoms with Gasteiger partial charge in [-0.05, 0) is 30.4 Å². The van der Waals surface area contributed by atoms with E-state index in [-0.39, 0.29) is 0 Å². The Morgan fingerprint density at radius 3 is 2.14 bits per heavy atom. The van der Waals surface area contributed by atoms with E-state index < -0.39 is 0 Å². The molecule has 0 unspecified atom stereocenters. The number of hydrogen-bond acceptors (Lipinski definition) is 0. The van der Waals surface area contributed by atoms with Gasteiger partial charge in [0.2, 0.25) is 0 Å². The fraction of sp³-hybridized carbons (Fsp3) is 0.429. The van der Waals surface area contributed by atoms with Gasteiger partial charge >= 0.3 is 0 Å². The van der Waals surface area contributed by atoms with Crippen molar-refractivity contribution in [3.8, 4) is 11.8 Å². The van der Waals surface area contributed by atoms with Crippen molar-refractivity contribution < 1.29 is 0 Å². The molecule has 14 heavy (non-hydrogen) atoms. The summed E-state index contributed by atoms with van der Waals surface area (Å²) in [5.74, 6) is 6.72. The quantitative estimate of drug-likeness (QED) is 0.634. The second kappa shape index (κ2) is 5.50. The van der Waals surface area contributed by atoms with Crippen molar-refractivity contribution in [2.45, 2.75) is 33.6 Å². The van der Waals surface area contributed by atoms with Crippen molar-refractivity contribution in [1.82, 2.24) is 0 Å². The van der Waals surface area contributed by atoms with Crippen LogP contribution in [-0.2, 0) is 12.8 Å². The predicted octanol–water partition coefficient (Wildman–Crippen LogP) is 3.45. The van der Waals surface area contributed by atoms with E-state index in [1.54, 1.807) is 0 Å². The zero-order valence-electron chi connectivity index (χ0n) is 9.30. The van der Waals surface area contributed by atoms with Crippen LogP contribution in [0.2, 0.25) is 0 Å². The SMILES string of the molecule is CC#CCc1ccc(CC(C)C)cc1. The van der Waals surface area contributed by atoms with E-state index >= 15 is 0 Å². The number of benzene rings is 1. The van der Waals surface area contributed by atoms with Crippen LogP contribution in [-0.4, -0.2) is 0 Å². The minimum atomic E-state index is 0.733. The smallest absolute Gasteiger partial charge is 0.0340 e. The first-order chi connectivity index (χ1) is 6.72. The summed E-state index contributed by atoms with van der Waals surface area (Å²) in [5, 5.41) is 0. The molecule has 0 heterocycles. The fourth-order valence-corrected chi connectivity index (χ4v) is 1.46. The maximum Gasteiger partial charge on any atom is 0.0340 e. The van der Waals surface area contributed by atoms with E-state index in [1.807, 2.05) is 6.92 Å². The third kappa shape index (κ3) is 3.66. The molecule has 0 aliphatic carbocycles. The van der Waals surface area contributed by atoms with E-state index in [0.717, 1.165) is 12.3 Å². The lowest BCUT2D eigenvalue weighted by Crippen LogP contribution is -1.93. The summed E-state index contributed by atoms with van der Waals surface area (Å²) in [6, 6.07) is 8.80. The Hall–Kier alpha value is -1.22.